The zero-order chi connectivity index (χ0) is 22.8. The van der Waals surface area contributed by atoms with Crippen molar-refractivity contribution in [3.63, 3.8) is 0 Å². The average Bonchev–Trinajstić information content (AvgIpc) is 2.79. The number of aryl methyl sites for hydroxylation is 1. The quantitative estimate of drug-likeness (QED) is 0.267. The highest BCUT2D eigenvalue weighted by Crippen LogP contribution is 2.42. The molecule has 0 spiro atoms. The Morgan fingerprint density at radius 3 is 2.56 bits per heavy atom. The van der Waals surface area contributed by atoms with E-state index >= 15 is 0 Å². The number of hydrogen-bond donors (Lipinski definition) is 0. The summed E-state index contributed by atoms with van der Waals surface area (Å²) in [6, 6.07) is 9.78. The first-order chi connectivity index (χ1) is 15.3. The van der Waals surface area contributed by atoms with Gasteiger partial charge in [-0.1, -0.05) is 30.1 Å². The van der Waals surface area contributed by atoms with Gasteiger partial charge in [-0.2, -0.15) is 0 Å². The fourth-order valence-corrected chi connectivity index (χ4v) is 5.41. The third-order valence-corrected chi connectivity index (χ3v) is 7.66. The van der Waals surface area contributed by atoms with Crippen molar-refractivity contribution in [2.45, 2.75) is 51.4 Å². The smallest absolute Gasteiger partial charge is 0.258 e. The lowest BCUT2D eigenvalue weighted by Gasteiger charge is -2.33. The highest BCUT2D eigenvalue weighted by Gasteiger charge is 2.27. The molecule has 168 valence electrons. The number of rotatable bonds is 6. The molecule has 1 aromatic heterocycles. The molecule has 7 heteroatoms. The van der Waals surface area contributed by atoms with Crippen molar-refractivity contribution in [3.05, 3.63) is 79.7 Å². The fourth-order valence-electron chi connectivity index (χ4n) is 5.06. The molecule has 0 unspecified atom stereocenters. The second kappa shape index (κ2) is 9.72. The number of nitrogens with zero attached hydrogens (tertiary/aromatic N) is 2. The molecular weight excluding hydrogens is 450 g/mol. The highest BCUT2D eigenvalue weighted by atomic mass is 35.5. The van der Waals surface area contributed by atoms with E-state index in [-0.39, 0.29) is 16.5 Å². The first kappa shape index (κ1) is 22.9. The van der Waals surface area contributed by atoms with Crippen LogP contribution in [0.15, 0.2) is 42.6 Å². The lowest BCUT2D eigenvalue weighted by molar-refractivity contribution is -0.385. The summed E-state index contributed by atoms with van der Waals surface area (Å²) in [5, 5.41) is 12.9. The summed E-state index contributed by atoms with van der Waals surface area (Å²) in [5.41, 5.74) is 2.69. The summed E-state index contributed by atoms with van der Waals surface area (Å²) >= 11 is 12.1. The minimum Gasteiger partial charge on any atom is -0.258 e. The van der Waals surface area contributed by atoms with E-state index in [9.17, 15) is 14.5 Å². The maximum absolute atomic E-state index is 13.8. The van der Waals surface area contributed by atoms with Crippen molar-refractivity contribution in [1.82, 2.24) is 4.98 Å². The summed E-state index contributed by atoms with van der Waals surface area (Å²) in [6.07, 6.45) is 7.56. The maximum Gasteiger partial charge on any atom is 0.274 e. The molecule has 0 N–H and O–H groups in total. The Labute approximate surface area is 196 Å². The molecule has 1 aliphatic rings. The van der Waals surface area contributed by atoms with E-state index in [2.05, 4.69) is 11.9 Å². The number of benzene rings is 2. The molecule has 1 atom stereocenters. The first-order valence-corrected chi connectivity index (χ1v) is 11.8. The summed E-state index contributed by atoms with van der Waals surface area (Å²) in [4.78, 5) is 15.4. The van der Waals surface area contributed by atoms with Crippen LogP contribution in [-0.4, -0.2) is 9.91 Å². The van der Waals surface area contributed by atoms with Crippen LogP contribution in [0.3, 0.4) is 0 Å². The number of nitro benzene ring substituents is 1. The van der Waals surface area contributed by atoms with Crippen LogP contribution in [0.5, 0.6) is 0 Å². The van der Waals surface area contributed by atoms with E-state index in [0.29, 0.717) is 34.8 Å². The number of halogens is 3. The molecular formula is C25H25Cl2FN2O2. The minimum atomic E-state index is -0.394. The summed E-state index contributed by atoms with van der Waals surface area (Å²) < 4.78 is 13.8. The summed E-state index contributed by atoms with van der Waals surface area (Å²) in [7, 11) is 0. The number of pyridine rings is 1. The number of nitro groups is 1. The fraction of sp³-hybridized carbons (Fsp3) is 0.400. The second-order valence-corrected chi connectivity index (χ2v) is 9.66. The number of aromatic nitrogens is 1. The third-order valence-electron chi connectivity index (χ3n) is 6.94. The Morgan fingerprint density at radius 1 is 1.12 bits per heavy atom. The molecule has 0 radical (unpaired) electrons. The monoisotopic (exact) mass is 474 g/mol. The molecule has 32 heavy (non-hydrogen) atoms. The lowest BCUT2D eigenvalue weighted by atomic mass is 9.72. The molecule has 1 fully saturated rings. The topological polar surface area (TPSA) is 56.0 Å². The van der Waals surface area contributed by atoms with Crippen molar-refractivity contribution in [2.75, 3.05) is 0 Å². The SMILES string of the molecule is C[C@@H](CCc1cc(Cl)c(Cl)cc1[N+](=O)[O-])C1CCC(c2ccnc3ccc(F)cc23)CC1. The predicted octanol–water partition coefficient (Wildman–Crippen LogP) is 8.13. The molecule has 4 rings (SSSR count). The van der Waals surface area contributed by atoms with Gasteiger partial charge >= 0.3 is 0 Å². The van der Waals surface area contributed by atoms with Gasteiger partial charge in [-0.05, 0) is 92.2 Å². The molecule has 1 saturated carbocycles. The Hall–Kier alpha value is -2.24. The van der Waals surface area contributed by atoms with Gasteiger partial charge in [0.2, 0.25) is 0 Å². The van der Waals surface area contributed by atoms with E-state index in [1.807, 2.05) is 12.3 Å². The molecule has 0 amide bonds. The van der Waals surface area contributed by atoms with Crippen LogP contribution in [0.1, 0.15) is 56.1 Å². The molecule has 4 nitrogen and oxygen atoms in total. The molecule has 2 aromatic carbocycles. The molecule has 1 heterocycles. The van der Waals surface area contributed by atoms with Crippen LogP contribution in [0, 0.1) is 27.8 Å². The van der Waals surface area contributed by atoms with Gasteiger partial charge in [0.05, 0.1) is 20.5 Å². The Kier molecular flexibility index (Phi) is 6.96. The van der Waals surface area contributed by atoms with Crippen LogP contribution in [0.4, 0.5) is 10.1 Å². The number of fused-ring (bicyclic) bond motifs is 1. The van der Waals surface area contributed by atoms with Crippen molar-refractivity contribution in [2.24, 2.45) is 11.8 Å². The zero-order valence-corrected chi connectivity index (χ0v) is 19.4. The molecule has 0 saturated heterocycles. The molecule has 0 bridgehead atoms. The average molecular weight is 475 g/mol. The van der Waals surface area contributed by atoms with E-state index in [1.165, 1.54) is 17.7 Å². The van der Waals surface area contributed by atoms with E-state index in [0.717, 1.165) is 43.0 Å². The maximum atomic E-state index is 13.8. The molecule has 1 aliphatic carbocycles. The van der Waals surface area contributed by atoms with E-state index < -0.39 is 4.92 Å². The van der Waals surface area contributed by atoms with E-state index in [1.54, 1.807) is 18.2 Å². The first-order valence-electron chi connectivity index (χ1n) is 11.0. The van der Waals surface area contributed by atoms with Crippen molar-refractivity contribution >= 4 is 39.8 Å². The Balaban J connectivity index is 1.40. The van der Waals surface area contributed by atoms with Crippen LogP contribution in [0.2, 0.25) is 10.0 Å². The van der Waals surface area contributed by atoms with Crippen LogP contribution in [-0.2, 0) is 6.42 Å². The van der Waals surface area contributed by atoms with Gasteiger partial charge in [-0.15, -0.1) is 0 Å². The van der Waals surface area contributed by atoms with Gasteiger partial charge in [0.1, 0.15) is 5.82 Å². The van der Waals surface area contributed by atoms with Crippen molar-refractivity contribution in [3.8, 4) is 0 Å². The van der Waals surface area contributed by atoms with Gasteiger partial charge in [-0.3, -0.25) is 15.1 Å². The lowest BCUT2D eigenvalue weighted by Crippen LogP contribution is -2.20. The number of hydrogen-bond acceptors (Lipinski definition) is 3. The minimum absolute atomic E-state index is 0.0344. The second-order valence-electron chi connectivity index (χ2n) is 8.84. The van der Waals surface area contributed by atoms with Crippen LogP contribution < -0.4 is 0 Å². The van der Waals surface area contributed by atoms with Crippen molar-refractivity contribution < 1.29 is 9.31 Å². The standard InChI is InChI=1S/C25H25Cl2FN2O2/c1-15(2-3-18-12-22(26)23(27)14-25(18)30(31)32)16-4-6-17(7-5-16)20-10-11-29-24-9-8-19(28)13-21(20)24/h8-17H,2-7H2,1H3/t15-,16?,17?/m0/s1. The molecule has 3 aromatic rings. The summed E-state index contributed by atoms with van der Waals surface area (Å²) in [5.74, 6) is 1.18. The normalized spacial score (nSPS) is 19.8. The third kappa shape index (κ3) is 4.89. The largest absolute Gasteiger partial charge is 0.274 e. The Morgan fingerprint density at radius 2 is 1.84 bits per heavy atom. The van der Waals surface area contributed by atoms with Crippen molar-refractivity contribution in [1.29, 1.82) is 0 Å². The van der Waals surface area contributed by atoms with Crippen LogP contribution in [0.25, 0.3) is 10.9 Å². The van der Waals surface area contributed by atoms with Gasteiger partial charge in [-0.25, -0.2) is 4.39 Å². The van der Waals surface area contributed by atoms with Crippen LogP contribution >= 0.6 is 23.2 Å². The van der Waals surface area contributed by atoms with Gasteiger partial charge < -0.3 is 0 Å². The highest BCUT2D eigenvalue weighted by molar-refractivity contribution is 6.42. The van der Waals surface area contributed by atoms with Gasteiger partial charge in [0.25, 0.3) is 5.69 Å². The molecule has 0 aliphatic heterocycles. The predicted molar refractivity (Wildman–Crippen MR) is 127 cm³/mol. The zero-order valence-electron chi connectivity index (χ0n) is 17.9. The van der Waals surface area contributed by atoms with Gasteiger partial charge in [0, 0.05) is 23.2 Å². The van der Waals surface area contributed by atoms with Gasteiger partial charge in [0.15, 0.2) is 0 Å². The van der Waals surface area contributed by atoms with E-state index in [4.69, 9.17) is 23.2 Å². The summed E-state index contributed by atoms with van der Waals surface area (Å²) in [6.45, 7) is 2.23. The Bertz CT molecular complexity index is 1150.